The molecule has 24 heavy (non-hydrogen) atoms. The molecule has 0 bridgehead atoms. The van der Waals surface area contributed by atoms with E-state index in [1.807, 2.05) is 6.92 Å². The van der Waals surface area contributed by atoms with Crippen LogP contribution in [0.25, 0.3) is 11.6 Å². The fourth-order valence-corrected chi connectivity index (χ4v) is 3.11. The van der Waals surface area contributed by atoms with Gasteiger partial charge in [0.15, 0.2) is 0 Å². The Balaban J connectivity index is 1.79. The second-order valence-electron chi connectivity index (χ2n) is 4.94. The number of aryl methyl sites for hydroxylation is 1. The maximum absolute atomic E-state index is 12.4. The molecular weight excluding hydrogens is 332 g/mol. The maximum atomic E-state index is 12.4. The number of nitrogens with one attached hydrogen (secondary N) is 2. The van der Waals surface area contributed by atoms with E-state index in [1.54, 1.807) is 31.2 Å². The zero-order valence-electron chi connectivity index (χ0n) is 13.1. The average molecular weight is 348 g/mol. The van der Waals surface area contributed by atoms with Gasteiger partial charge in [0.1, 0.15) is 16.3 Å². The summed E-state index contributed by atoms with van der Waals surface area (Å²) in [5.41, 5.74) is 0.873. The molecule has 0 saturated carbocycles. The molecular formula is C15H16N4O4S. The van der Waals surface area contributed by atoms with Crippen LogP contribution in [0.1, 0.15) is 12.8 Å². The van der Waals surface area contributed by atoms with Gasteiger partial charge in [-0.3, -0.25) is 4.72 Å². The molecule has 0 unspecified atom stereocenters. The van der Waals surface area contributed by atoms with Crippen LogP contribution in [0.3, 0.4) is 0 Å². The number of sulfonamides is 1. The fraction of sp³-hybridized carbons (Fsp3) is 0.200. The molecule has 1 aromatic carbocycles. The number of ether oxygens (including phenoxy) is 1. The molecule has 3 aromatic rings. The molecule has 0 atom stereocenters. The Kier molecular flexibility index (Phi) is 4.26. The first-order chi connectivity index (χ1) is 11.5. The maximum Gasteiger partial charge on any atom is 0.264 e. The predicted molar refractivity (Wildman–Crippen MR) is 87.2 cm³/mol. The van der Waals surface area contributed by atoms with Crippen molar-refractivity contribution in [3.63, 3.8) is 0 Å². The van der Waals surface area contributed by atoms with Crippen molar-refractivity contribution in [1.29, 1.82) is 0 Å². The third-order valence-electron chi connectivity index (χ3n) is 3.14. The van der Waals surface area contributed by atoms with Crippen LogP contribution < -0.4 is 9.46 Å². The molecule has 0 fully saturated rings. The third kappa shape index (κ3) is 3.40. The minimum Gasteiger partial charge on any atom is -0.494 e. The molecule has 0 aliphatic heterocycles. The summed E-state index contributed by atoms with van der Waals surface area (Å²) in [7, 11) is -3.73. The average Bonchev–Trinajstić information content (AvgIpc) is 3.18. The number of nitrogens with zero attached hydrogens (tertiary/aromatic N) is 2. The number of aromatic amines is 1. The van der Waals surface area contributed by atoms with Crippen LogP contribution in [0, 0.1) is 6.92 Å². The van der Waals surface area contributed by atoms with Gasteiger partial charge in [-0.05, 0) is 37.3 Å². The van der Waals surface area contributed by atoms with Gasteiger partial charge in [-0.1, -0.05) is 0 Å². The summed E-state index contributed by atoms with van der Waals surface area (Å²) in [5, 5.41) is 7.56. The summed E-state index contributed by atoms with van der Waals surface area (Å²) < 4.78 is 38.0. The number of hydrogen-bond donors (Lipinski definition) is 2. The lowest BCUT2D eigenvalue weighted by Gasteiger charge is -2.07. The highest BCUT2D eigenvalue weighted by molar-refractivity contribution is 7.92. The van der Waals surface area contributed by atoms with Gasteiger partial charge in [-0.2, -0.15) is 0 Å². The zero-order chi connectivity index (χ0) is 17.2. The number of anilines is 1. The predicted octanol–water partition coefficient (Wildman–Crippen LogP) is 2.57. The summed E-state index contributed by atoms with van der Waals surface area (Å²) >= 11 is 0. The molecule has 2 N–H and O–H groups in total. The van der Waals surface area contributed by atoms with Crippen LogP contribution in [-0.4, -0.2) is 30.2 Å². The molecule has 126 valence electrons. The van der Waals surface area contributed by atoms with E-state index in [-0.39, 0.29) is 10.8 Å². The molecule has 0 radical (unpaired) electrons. The molecule has 0 aliphatic carbocycles. The standard InChI is InChI=1S/C15H16N4O4S/c1-3-22-12-6-4-11(5-7-12)19-24(20,21)13-8-14(16-9-13)15-18-17-10(2)23-15/h4-9,16,19H,3H2,1-2H3. The fourth-order valence-electron chi connectivity index (χ4n) is 2.06. The van der Waals surface area contributed by atoms with E-state index in [2.05, 4.69) is 19.9 Å². The second-order valence-corrected chi connectivity index (χ2v) is 6.62. The van der Waals surface area contributed by atoms with Crippen LogP contribution in [0.15, 0.2) is 45.8 Å². The zero-order valence-corrected chi connectivity index (χ0v) is 13.9. The first kappa shape index (κ1) is 16.1. The lowest BCUT2D eigenvalue weighted by Crippen LogP contribution is -2.12. The van der Waals surface area contributed by atoms with E-state index < -0.39 is 10.0 Å². The second kappa shape index (κ2) is 6.36. The number of aromatic nitrogens is 3. The topological polar surface area (TPSA) is 110 Å². The van der Waals surface area contributed by atoms with Crippen molar-refractivity contribution >= 4 is 15.7 Å². The Morgan fingerprint density at radius 1 is 1.25 bits per heavy atom. The van der Waals surface area contributed by atoms with Gasteiger partial charge in [-0.15, -0.1) is 10.2 Å². The van der Waals surface area contributed by atoms with Crippen LogP contribution in [-0.2, 0) is 10.0 Å². The lowest BCUT2D eigenvalue weighted by molar-refractivity contribution is 0.340. The van der Waals surface area contributed by atoms with Gasteiger partial charge in [0, 0.05) is 18.8 Å². The smallest absolute Gasteiger partial charge is 0.264 e. The summed E-state index contributed by atoms with van der Waals surface area (Å²) in [6.45, 7) is 4.09. The molecule has 0 spiro atoms. The minimum absolute atomic E-state index is 0.0715. The molecule has 8 nitrogen and oxygen atoms in total. The van der Waals surface area contributed by atoms with Gasteiger partial charge in [0.25, 0.3) is 15.9 Å². The van der Waals surface area contributed by atoms with Crippen molar-refractivity contribution < 1.29 is 17.6 Å². The molecule has 0 saturated heterocycles. The third-order valence-corrected chi connectivity index (χ3v) is 4.50. The van der Waals surface area contributed by atoms with E-state index in [0.29, 0.717) is 29.6 Å². The number of H-pyrrole nitrogens is 1. The largest absolute Gasteiger partial charge is 0.494 e. The van der Waals surface area contributed by atoms with Crippen LogP contribution in [0.2, 0.25) is 0 Å². The Bertz CT molecular complexity index is 929. The van der Waals surface area contributed by atoms with E-state index in [1.165, 1.54) is 12.3 Å². The SMILES string of the molecule is CCOc1ccc(NS(=O)(=O)c2c[nH]c(-c3nnc(C)o3)c2)cc1. The van der Waals surface area contributed by atoms with Crippen molar-refractivity contribution in [3.05, 3.63) is 42.4 Å². The van der Waals surface area contributed by atoms with Gasteiger partial charge in [0.05, 0.1) is 6.61 Å². The van der Waals surface area contributed by atoms with E-state index in [4.69, 9.17) is 9.15 Å². The lowest BCUT2D eigenvalue weighted by atomic mass is 10.3. The quantitative estimate of drug-likeness (QED) is 0.708. The Morgan fingerprint density at radius 3 is 2.62 bits per heavy atom. The molecule has 0 aliphatic rings. The summed E-state index contributed by atoms with van der Waals surface area (Å²) in [5.74, 6) is 1.31. The molecule has 3 rings (SSSR count). The van der Waals surface area contributed by atoms with Crippen LogP contribution in [0.4, 0.5) is 5.69 Å². The highest BCUT2D eigenvalue weighted by Gasteiger charge is 2.18. The Labute approximate surface area is 138 Å². The van der Waals surface area contributed by atoms with E-state index >= 15 is 0 Å². The highest BCUT2D eigenvalue weighted by atomic mass is 32.2. The number of benzene rings is 1. The van der Waals surface area contributed by atoms with Gasteiger partial charge in [-0.25, -0.2) is 8.42 Å². The highest BCUT2D eigenvalue weighted by Crippen LogP contribution is 2.23. The van der Waals surface area contributed by atoms with Crippen LogP contribution in [0.5, 0.6) is 5.75 Å². The monoisotopic (exact) mass is 348 g/mol. The van der Waals surface area contributed by atoms with Crippen molar-refractivity contribution in [2.45, 2.75) is 18.7 Å². The van der Waals surface area contributed by atoms with Crippen molar-refractivity contribution in [2.75, 3.05) is 11.3 Å². The first-order valence-corrected chi connectivity index (χ1v) is 8.71. The van der Waals surface area contributed by atoms with Gasteiger partial charge < -0.3 is 14.1 Å². The van der Waals surface area contributed by atoms with Crippen molar-refractivity contribution in [2.24, 2.45) is 0 Å². The van der Waals surface area contributed by atoms with E-state index in [0.717, 1.165) is 0 Å². The van der Waals surface area contributed by atoms with E-state index in [9.17, 15) is 8.42 Å². The van der Waals surface area contributed by atoms with Crippen LogP contribution >= 0.6 is 0 Å². The van der Waals surface area contributed by atoms with Gasteiger partial charge >= 0.3 is 0 Å². The summed E-state index contributed by atoms with van der Waals surface area (Å²) in [4.78, 5) is 2.89. The molecule has 2 aromatic heterocycles. The first-order valence-electron chi connectivity index (χ1n) is 7.22. The number of hydrogen-bond acceptors (Lipinski definition) is 6. The molecule has 0 amide bonds. The van der Waals surface area contributed by atoms with Crippen molar-refractivity contribution in [1.82, 2.24) is 15.2 Å². The molecule has 2 heterocycles. The molecule has 9 heteroatoms. The number of rotatable bonds is 6. The Morgan fingerprint density at radius 2 is 2.00 bits per heavy atom. The summed E-state index contributed by atoms with van der Waals surface area (Å²) in [6.07, 6.45) is 1.37. The van der Waals surface area contributed by atoms with Crippen molar-refractivity contribution in [3.8, 4) is 17.3 Å². The summed E-state index contributed by atoms with van der Waals surface area (Å²) in [6, 6.07) is 8.11. The minimum atomic E-state index is -3.73. The Hall–Kier alpha value is -2.81. The van der Waals surface area contributed by atoms with Gasteiger partial charge in [0.2, 0.25) is 5.89 Å². The normalized spacial score (nSPS) is 11.4.